The highest BCUT2D eigenvalue weighted by atomic mass is 35.5. The van der Waals surface area contributed by atoms with E-state index in [0.717, 1.165) is 18.9 Å². The van der Waals surface area contributed by atoms with Crippen LogP contribution in [0, 0.1) is 17.2 Å². The fourth-order valence-corrected chi connectivity index (χ4v) is 4.46. The van der Waals surface area contributed by atoms with Gasteiger partial charge in [0, 0.05) is 38.2 Å². The van der Waals surface area contributed by atoms with Crippen LogP contribution < -0.4 is 9.64 Å². The Hall–Kier alpha value is -2.88. The van der Waals surface area contributed by atoms with Crippen molar-refractivity contribution in [2.45, 2.75) is 26.7 Å². The molecule has 9 nitrogen and oxygen atoms in total. The summed E-state index contributed by atoms with van der Waals surface area (Å²) in [6.07, 6.45) is 1.86. The Morgan fingerprint density at radius 3 is 2.59 bits per heavy atom. The maximum Gasteiger partial charge on any atom is 0.341 e. The van der Waals surface area contributed by atoms with Crippen LogP contribution in [0.3, 0.4) is 0 Å². The molecular formula is C21H24ClFN4O5. The van der Waals surface area contributed by atoms with Gasteiger partial charge in [-0.25, -0.2) is 9.18 Å². The van der Waals surface area contributed by atoms with Gasteiger partial charge in [0.15, 0.2) is 18.2 Å². The van der Waals surface area contributed by atoms with Crippen LogP contribution in [0.4, 0.5) is 10.3 Å². The number of aromatic nitrogens is 2. The van der Waals surface area contributed by atoms with E-state index in [1.807, 2.05) is 9.80 Å². The van der Waals surface area contributed by atoms with Gasteiger partial charge in [-0.15, -0.1) is 0 Å². The van der Waals surface area contributed by atoms with Gasteiger partial charge in [-0.2, -0.15) is 4.98 Å². The lowest BCUT2D eigenvalue weighted by atomic mass is 9.64. The molecule has 2 fully saturated rings. The molecule has 172 valence electrons. The SMILES string of the molecule is CC1(C)CC(C(=O)N2CCN(c3noc(-c4cc(F)c(OCC(=O)O)cc4Cl)n3)CC2)C1. The lowest BCUT2D eigenvalue weighted by molar-refractivity contribution is -0.142. The fourth-order valence-electron chi connectivity index (χ4n) is 4.23. The zero-order valence-electron chi connectivity index (χ0n) is 17.8. The van der Waals surface area contributed by atoms with E-state index in [1.54, 1.807) is 0 Å². The molecule has 2 aliphatic rings. The van der Waals surface area contributed by atoms with Crippen LogP contribution in [0.1, 0.15) is 26.7 Å². The molecule has 1 saturated carbocycles. The van der Waals surface area contributed by atoms with Crippen LogP contribution in [0.5, 0.6) is 5.75 Å². The van der Waals surface area contributed by atoms with Crippen LogP contribution in [0.25, 0.3) is 11.5 Å². The molecule has 1 N–H and O–H groups in total. The number of aliphatic carboxylic acids is 1. The summed E-state index contributed by atoms with van der Waals surface area (Å²) >= 11 is 6.19. The highest BCUT2D eigenvalue weighted by Crippen LogP contribution is 2.45. The predicted octanol–water partition coefficient (Wildman–Crippen LogP) is 3.08. The number of carboxylic acid groups (broad SMARTS) is 1. The smallest absolute Gasteiger partial charge is 0.341 e. The third kappa shape index (κ3) is 4.64. The number of anilines is 1. The average molecular weight is 467 g/mol. The minimum absolute atomic E-state index is 0.0314. The number of benzene rings is 1. The summed E-state index contributed by atoms with van der Waals surface area (Å²) in [5.74, 6) is -1.61. The van der Waals surface area contributed by atoms with Crippen LogP contribution in [0.2, 0.25) is 5.02 Å². The Bertz CT molecular complexity index is 1030. The molecule has 0 atom stereocenters. The number of carbonyl (C=O) groups is 2. The Labute approximate surface area is 189 Å². The summed E-state index contributed by atoms with van der Waals surface area (Å²) in [6.45, 7) is 5.93. The molecule has 32 heavy (non-hydrogen) atoms. The second kappa shape index (κ2) is 8.57. The highest BCUT2D eigenvalue weighted by molar-refractivity contribution is 6.33. The van der Waals surface area contributed by atoms with Crippen LogP contribution in [-0.4, -0.2) is 64.8 Å². The lowest BCUT2D eigenvalue weighted by Gasteiger charge is -2.45. The summed E-state index contributed by atoms with van der Waals surface area (Å²) in [4.78, 5) is 31.4. The number of carboxylic acids is 1. The number of amides is 1. The monoisotopic (exact) mass is 466 g/mol. The molecule has 0 radical (unpaired) electrons. The molecule has 2 aromatic rings. The first kappa shape index (κ1) is 22.3. The van der Waals surface area contributed by atoms with Gasteiger partial charge < -0.3 is 24.2 Å². The minimum Gasteiger partial charge on any atom is -0.479 e. The maximum atomic E-state index is 14.3. The summed E-state index contributed by atoms with van der Waals surface area (Å²) in [5.41, 5.74) is 0.428. The molecule has 1 saturated heterocycles. The highest BCUT2D eigenvalue weighted by Gasteiger charge is 2.42. The second-order valence-corrected chi connectivity index (χ2v) is 9.33. The number of ether oxygens (including phenoxy) is 1. The number of rotatable bonds is 6. The number of nitrogens with zero attached hydrogens (tertiary/aromatic N) is 4. The van der Waals surface area contributed by atoms with Gasteiger partial charge in [-0.05, 0) is 29.5 Å². The van der Waals surface area contributed by atoms with Gasteiger partial charge >= 0.3 is 5.97 Å². The third-order valence-electron chi connectivity index (χ3n) is 5.84. The van der Waals surface area contributed by atoms with Gasteiger partial charge in [0.1, 0.15) is 0 Å². The number of halogens is 2. The van der Waals surface area contributed by atoms with Gasteiger partial charge in [0.2, 0.25) is 5.91 Å². The third-order valence-corrected chi connectivity index (χ3v) is 6.15. The number of hydrogen-bond donors (Lipinski definition) is 1. The predicted molar refractivity (Wildman–Crippen MR) is 113 cm³/mol. The molecule has 0 unspecified atom stereocenters. The molecule has 1 aliphatic carbocycles. The first-order valence-electron chi connectivity index (χ1n) is 10.3. The van der Waals surface area contributed by atoms with E-state index < -0.39 is 18.4 Å². The van der Waals surface area contributed by atoms with Crippen molar-refractivity contribution in [2.75, 3.05) is 37.7 Å². The Morgan fingerprint density at radius 1 is 1.28 bits per heavy atom. The fraction of sp³-hybridized carbons (Fsp3) is 0.524. The Kier molecular flexibility index (Phi) is 5.98. The zero-order chi connectivity index (χ0) is 23.0. The average Bonchev–Trinajstić information content (AvgIpc) is 3.21. The van der Waals surface area contributed by atoms with Gasteiger partial charge in [-0.3, -0.25) is 4.79 Å². The first-order chi connectivity index (χ1) is 15.1. The topological polar surface area (TPSA) is 109 Å². The van der Waals surface area contributed by atoms with Gasteiger partial charge in [0.25, 0.3) is 11.8 Å². The maximum absolute atomic E-state index is 14.3. The molecular weight excluding hydrogens is 443 g/mol. The number of hydrogen-bond acceptors (Lipinski definition) is 7. The molecule has 2 heterocycles. The number of piperazine rings is 1. The summed E-state index contributed by atoms with van der Waals surface area (Å²) in [6, 6.07) is 2.23. The van der Waals surface area contributed by atoms with E-state index in [4.69, 9.17) is 26.0 Å². The molecule has 1 aromatic carbocycles. The van der Waals surface area contributed by atoms with Gasteiger partial charge in [0.05, 0.1) is 10.6 Å². The van der Waals surface area contributed by atoms with Crippen molar-refractivity contribution < 1.29 is 28.3 Å². The van der Waals surface area contributed by atoms with E-state index in [0.29, 0.717) is 32.1 Å². The molecule has 0 spiro atoms. The van der Waals surface area contributed by atoms with Crippen molar-refractivity contribution >= 4 is 29.4 Å². The molecule has 1 amide bonds. The van der Waals surface area contributed by atoms with Crippen molar-refractivity contribution in [3.8, 4) is 17.2 Å². The van der Waals surface area contributed by atoms with Crippen molar-refractivity contribution in [3.63, 3.8) is 0 Å². The molecule has 1 aliphatic heterocycles. The largest absolute Gasteiger partial charge is 0.479 e. The molecule has 1 aromatic heterocycles. The zero-order valence-corrected chi connectivity index (χ0v) is 18.6. The first-order valence-corrected chi connectivity index (χ1v) is 10.7. The number of carbonyl (C=O) groups excluding carboxylic acids is 1. The van der Waals surface area contributed by atoms with E-state index in [2.05, 4.69) is 24.0 Å². The van der Waals surface area contributed by atoms with E-state index in [1.165, 1.54) is 6.07 Å². The Morgan fingerprint density at radius 2 is 1.97 bits per heavy atom. The van der Waals surface area contributed by atoms with E-state index in [9.17, 15) is 14.0 Å². The second-order valence-electron chi connectivity index (χ2n) is 8.93. The summed E-state index contributed by atoms with van der Waals surface area (Å²) in [5, 5.41) is 12.7. The lowest BCUT2D eigenvalue weighted by Crippen LogP contribution is -2.53. The van der Waals surface area contributed by atoms with Crippen molar-refractivity contribution in [3.05, 3.63) is 23.0 Å². The van der Waals surface area contributed by atoms with Crippen LogP contribution in [0.15, 0.2) is 16.7 Å². The van der Waals surface area contributed by atoms with Crippen molar-refractivity contribution in [1.82, 2.24) is 15.0 Å². The van der Waals surface area contributed by atoms with Crippen LogP contribution in [-0.2, 0) is 9.59 Å². The quantitative estimate of drug-likeness (QED) is 0.691. The molecule has 0 bridgehead atoms. The van der Waals surface area contributed by atoms with Crippen LogP contribution >= 0.6 is 11.6 Å². The minimum atomic E-state index is -1.23. The van der Waals surface area contributed by atoms with E-state index >= 15 is 0 Å². The van der Waals surface area contributed by atoms with Crippen molar-refractivity contribution in [2.24, 2.45) is 11.3 Å². The normalized spacial score (nSPS) is 18.4. The van der Waals surface area contributed by atoms with E-state index in [-0.39, 0.29) is 39.5 Å². The Balaban J connectivity index is 1.39. The van der Waals surface area contributed by atoms with Gasteiger partial charge in [-0.1, -0.05) is 25.4 Å². The summed E-state index contributed by atoms with van der Waals surface area (Å²) < 4.78 is 24.4. The molecule has 4 rings (SSSR count). The van der Waals surface area contributed by atoms with Crippen molar-refractivity contribution in [1.29, 1.82) is 0 Å². The standard InChI is InChI=1S/C21H24ClFN4O5/c1-21(2)9-12(10-21)19(30)26-3-5-27(6-4-26)20-24-18(32-25-20)13-7-15(23)16(8-14(13)22)31-11-17(28)29/h7-8,12H,3-6,9-11H2,1-2H3,(H,28,29). The summed E-state index contributed by atoms with van der Waals surface area (Å²) in [7, 11) is 0. The molecule has 11 heteroatoms.